The maximum Gasteiger partial charge on any atom is 0.182 e. The van der Waals surface area contributed by atoms with Gasteiger partial charge in [-0.05, 0) is 38.8 Å². The third-order valence-corrected chi connectivity index (χ3v) is 3.82. The molecule has 1 aromatic heterocycles. The van der Waals surface area contributed by atoms with E-state index in [-0.39, 0.29) is 0 Å². The Balaban J connectivity index is 1.80. The van der Waals surface area contributed by atoms with Gasteiger partial charge in [-0.25, -0.2) is 4.98 Å². The minimum Gasteiger partial charge on any atom is -0.359 e. The molecular weight excluding hydrogens is 218 g/mol. The third-order valence-electron chi connectivity index (χ3n) is 3.12. The highest BCUT2D eigenvalue weighted by atomic mass is 32.1. The minimum absolute atomic E-state index is 0.619. The molecule has 0 amide bonds. The van der Waals surface area contributed by atoms with E-state index in [0.717, 1.165) is 5.13 Å². The number of likely N-dealkylation sites (tertiary alicyclic amines) is 1. The Morgan fingerprint density at radius 1 is 1.50 bits per heavy atom. The summed E-state index contributed by atoms with van der Waals surface area (Å²) in [6.45, 7) is 6.01. The average molecular weight is 239 g/mol. The molecule has 16 heavy (non-hydrogen) atoms. The summed E-state index contributed by atoms with van der Waals surface area (Å²) < 4.78 is 0. The second-order valence-corrected chi connectivity index (χ2v) is 5.35. The van der Waals surface area contributed by atoms with Crippen molar-refractivity contribution >= 4 is 16.5 Å². The first-order valence-electron chi connectivity index (χ1n) is 6.27. The number of nitrogens with zero attached hydrogens (tertiary/aromatic N) is 2. The van der Waals surface area contributed by atoms with Gasteiger partial charge in [0.25, 0.3) is 0 Å². The Morgan fingerprint density at radius 3 is 3.19 bits per heavy atom. The second kappa shape index (κ2) is 6.21. The fourth-order valence-corrected chi connectivity index (χ4v) is 2.92. The molecule has 1 aromatic rings. The molecule has 0 spiro atoms. The van der Waals surface area contributed by atoms with Crippen molar-refractivity contribution in [1.29, 1.82) is 0 Å². The molecule has 1 aliphatic rings. The Hall–Kier alpha value is -0.610. The second-order valence-electron chi connectivity index (χ2n) is 4.45. The first kappa shape index (κ1) is 11.9. The quantitative estimate of drug-likeness (QED) is 0.875. The summed E-state index contributed by atoms with van der Waals surface area (Å²) >= 11 is 1.70. The standard InChI is InChI=1S/C12H21N3S/c1-2-7-15-8-3-4-11(5-9-15)14-12-13-6-10-16-12/h6,10-11H,2-5,7-9H2,1H3,(H,13,14). The molecule has 1 unspecified atom stereocenters. The molecule has 1 N–H and O–H groups in total. The van der Waals surface area contributed by atoms with Crippen molar-refractivity contribution in [2.45, 2.75) is 38.6 Å². The Bertz CT molecular complexity index is 286. The molecule has 0 bridgehead atoms. The van der Waals surface area contributed by atoms with Crippen LogP contribution in [0.3, 0.4) is 0 Å². The van der Waals surface area contributed by atoms with Crippen molar-refractivity contribution < 1.29 is 0 Å². The van der Waals surface area contributed by atoms with Crippen molar-refractivity contribution in [2.75, 3.05) is 25.0 Å². The maximum atomic E-state index is 4.29. The molecule has 90 valence electrons. The van der Waals surface area contributed by atoms with E-state index in [0.29, 0.717) is 6.04 Å². The van der Waals surface area contributed by atoms with Gasteiger partial charge in [0, 0.05) is 24.2 Å². The smallest absolute Gasteiger partial charge is 0.182 e. The molecule has 1 fully saturated rings. The summed E-state index contributed by atoms with van der Waals surface area (Å²) in [4.78, 5) is 6.88. The molecular formula is C12H21N3S. The van der Waals surface area contributed by atoms with Crippen LogP contribution in [0.2, 0.25) is 0 Å². The van der Waals surface area contributed by atoms with Crippen LogP contribution in [0, 0.1) is 0 Å². The van der Waals surface area contributed by atoms with Crippen molar-refractivity contribution in [3.8, 4) is 0 Å². The zero-order valence-electron chi connectivity index (χ0n) is 9.98. The van der Waals surface area contributed by atoms with Gasteiger partial charge in [0.2, 0.25) is 0 Å². The maximum absolute atomic E-state index is 4.29. The van der Waals surface area contributed by atoms with E-state index in [4.69, 9.17) is 0 Å². The topological polar surface area (TPSA) is 28.2 Å². The fraction of sp³-hybridized carbons (Fsp3) is 0.750. The zero-order valence-corrected chi connectivity index (χ0v) is 10.8. The molecule has 1 aliphatic heterocycles. The molecule has 4 heteroatoms. The van der Waals surface area contributed by atoms with E-state index in [2.05, 4.69) is 22.1 Å². The molecule has 2 heterocycles. The zero-order chi connectivity index (χ0) is 11.2. The lowest BCUT2D eigenvalue weighted by atomic mass is 10.1. The van der Waals surface area contributed by atoms with Gasteiger partial charge in [-0.2, -0.15) is 0 Å². The normalized spacial score (nSPS) is 22.9. The predicted octanol–water partition coefficient (Wildman–Crippen LogP) is 2.82. The number of anilines is 1. The van der Waals surface area contributed by atoms with Crippen molar-refractivity contribution in [1.82, 2.24) is 9.88 Å². The van der Waals surface area contributed by atoms with Crippen LogP contribution in [-0.2, 0) is 0 Å². The van der Waals surface area contributed by atoms with Crippen LogP contribution >= 0.6 is 11.3 Å². The van der Waals surface area contributed by atoms with Crippen molar-refractivity contribution in [3.05, 3.63) is 11.6 Å². The largest absolute Gasteiger partial charge is 0.359 e. The summed E-state index contributed by atoms with van der Waals surface area (Å²) in [7, 11) is 0. The Kier molecular flexibility index (Phi) is 4.60. The number of hydrogen-bond donors (Lipinski definition) is 1. The van der Waals surface area contributed by atoms with Crippen LogP contribution in [0.25, 0.3) is 0 Å². The van der Waals surface area contributed by atoms with Crippen LogP contribution in [0.15, 0.2) is 11.6 Å². The van der Waals surface area contributed by atoms with E-state index in [1.54, 1.807) is 11.3 Å². The molecule has 0 radical (unpaired) electrons. The van der Waals surface area contributed by atoms with Gasteiger partial charge in [-0.15, -0.1) is 11.3 Å². The molecule has 1 atom stereocenters. The average Bonchev–Trinajstić information content (AvgIpc) is 2.68. The van der Waals surface area contributed by atoms with Gasteiger partial charge in [0.15, 0.2) is 5.13 Å². The van der Waals surface area contributed by atoms with E-state index in [1.807, 2.05) is 11.6 Å². The summed E-state index contributed by atoms with van der Waals surface area (Å²) in [5.41, 5.74) is 0. The molecule has 2 rings (SSSR count). The Morgan fingerprint density at radius 2 is 2.44 bits per heavy atom. The van der Waals surface area contributed by atoms with E-state index in [9.17, 15) is 0 Å². The first-order chi connectivity index (χ1) is 7.88. The SMILES string of the molecule is CCCN1CCCC(Nc2nccs2)CC1. The summed E-state index contributed by atoms with van der Waals surface area (Å²) in [5.74, 6) is 0. The van der Waals surface area contributed by atoms with Gasteiger partial charge in [-0.1, -0.05) is 6.92 Å². The molecule has 0 saturated carbocycles. The molecule has 0 aromatic carbocycles. The van der Waals surface area contributed by atoms with Crippen LogP contribution < -0.4 is 5.32 Å². The van der Waals surface area contributed by atoms with E-state index in [1.165, 1.54) is 45.3 Å². The van der Waals surface area contributed by atoms with E-state index >= 15 is 0 Å². The van der Waals surface area contributed by atoms with Gasteiger partial charge < -0.3 is 10.2 Å². The van der Waals surface area contributed by atoms with Crippen LogP contribution in [-0.4, -0.2) is 35.6 Å². The van der Waals surface area contributed by atoms with Crippen LogP contribution in [0.5, 0.6) is 0 Å². The predicted molar refractivity (Wildman–Crippen MR) is 70.1 cm³/mol. The van der Waals surface area contributed by atoms with Gasteiger partial charge >= 0.3 is 0 Å². The first-order valence-corrected chi connectivity index (χ1v) is 7.15. The number of thiazole rings is 1. The Labute approximate surface area is 102 Å². The van der Waals surface area contributed by atoms with Crippen molar-refractivity contribution in [2.24, 2.45) is 0 Å². The minimum atomic E-state index is 0.619. The number of hydrogen-bond acceptors (Lipinski definition) is 4. The highest BCUT2D eigenvalue weighted by Gasteiger charge is 2.16. The number of nitrogens with one attached hydrogen (secondary N) is 1. The van der Waals surface area contributed by atoms with Crippen LogP contribution in [0.4, 0.5) is 5.13 Å². The molecule has 1 saturated heterocycles. The molecule has 3 nitrogen and oxygen atoms in total. The van der Waals surface area contributed by atoms with Crippen LogP contribution in [0.1, 0.15) is 32.6 Å². The highest BCUT2D eigenvalue weighted by Crippen LogP contribution is 2.18. The summed E-state index contributed by atoms with van der Waals surface area (Å²) in [6.07, 6.45) is 6.97. The summed E-state index contributed by atoms with van der Waals surface area (Å²) in [5, 5.41) is 6.65. The number of rotatable bonds is 4. The van der Waals surface area contributed by atoms with Crippen molar-refractivity contribution in [3.63, 3.8) is 0 Å². The molecule has 0 aliphatic carbocycles. The van der Waals surface area contributed by atoms with Gasteiger partial charge in [0.05, 0.1) is 0 Å². The third kappa shape index (κ3) is 3.46. The lowest BCUT2D eigenvalue weighted by molar-refractivity contribution is 0.285. The number of aromatic nitrogens is 1. The van der Waals surface area contributed by atoms with E-state index < -0.39 is 0 Å². The summed E-state index contributed by atoms with van der Waals surface area (Å²) in [6, 6.07) is 0.619. The lowest BCUT2D eigenvalue weighted by Gasteiger charge is -2.19. The van der Waals surface area contributed by atoms with Gasteiger partial charge in [0.1, 0.15) is 0 Å². The van der Waals surface area contributed by atoms with Gasteiger partial charge in [-0.3, -0.25) is 0 Å². The lowest BCUT2D eigenvalue weighted by Crippen LogP contribution is -2.27. The highest BCUT2D eigenvalue weighted by molar-refractivity contribution is 7.13. The monoisotopic (exact) mass is 239 g/mol. The fourth-order valence-electron chi connectivity index (χ4n) is 2.31.